The molecule has 0 spiro atoms. The second-order valence-corrected chi connectivity index (χ2v) is 7.84. The van der Waals surface area contributed by atoms with Crippen molar-refractivity contribution in [2.45, 2.75) is 19.0 Å². The van der Waals surface area contributed by atoms with Gasteiger partial charge in [-0.05, 0) is 30.2 Å². The van der Waals surface area contributed by atoms with Crippen molar-refractivity contribution in [2.75, 3.05) is 20.3 Å². The summed E-state index contributed by atoms with van der Waals surface area (Å²) in [5.41, 5.74) is 3.69. The molecule has 32 heavy (non-hydrogen) atoms. The molecule has 0 saturated carbocycles. The number of aromatic amines is 1. The van der Waals surface area contributed by atoms with Gasteiger partial charge < -0.3 is 29.5 Å². The van der Waals surface area contributed by atoms with Gasteiger partial charge in [-0.15, -0.1) is 0 Å². The van der Waals surface area contributed by atoms with Crippen molar-refractivity contribution >= 4 is 33.7 Å². The summed E-state index contributed by atoms with van der Waals surface area (Å²) in [6, 6.07) is 13.9. The van der Waals surface area contributed by atoms with Crippen LogP contribution in [0.4, 0.5) is 0 Å². The first-order valence-electron chi connectivity index (χ1n) is 10.4. The van der Waals surface area contributed by atoms with Crippen LogP contribution in [-0.2, 0) is 17.8 Å². The molecule has 0 radical (unpaired) electrons. The van der Waals surface area contributed by atoms with E-state index in [4.69, 9.17) is 9.15 Å². The van der Waals surface area contributed by atoms with Crippen molar-refractivity contribution in [3.05, 3.63) is 65.5 Å². The summed E-state index contributed by atoms with van der Waals surface area (Å²) >= 11 is 0. The van der Waals surface area contributed by atoms with E-state index < -0.39 is 18.6 Å². The largest absolute Gasteiger partial charge is 0.493 e. The number of amides is 2. The van der Waals surface area contributed by atoms with Crippen LogP contribution in [0.15, 0.2) is 52.9 Å². The molecular formula is C24H23N3O5. The number of aliphatic hydroxyl groups excluding tert-OH is 1. The van der Waals surface area contributed by atoms with Gasteiger partial charge in [-0.3, -0.25) is 9.59 Å². The van der Waals surface area contributed by atoms with Gasteiger partial charge >= 0.3 is 0 Å². The third kappa shape index (κ3) is 3.38. The van der Waals surface area contributed by atoms with Crippen LogP contribution in [0, 0.1) is 0 Å². The molecule has 2 amide bonds. The number of aromatic nitrogens is 1. The summed E-state index contributed by atoms with van der Waals surface area (Å²) in [6.45, 7) is 0.406. The third-order valence-corrected chi connectivity index (χ3v) is 5.93. The Labute approximate surface area is 183 Å². The summed E-state index contributed by atoms with van der Waals surface area (Å²) in [7, 11) is 1.52. The van der Waals surface area contributed by atoms with E-state index >= 15 is 0 Å². The molecule has 8 nitrogen and oxygen atoms in total. The van der Waals surface area contributed by atoms with E-state index in [-0.39, 0.29) is 11.7 Å². The lowest BCUT2D eigenvalue weighted by molar-refractivity contribution is -0.135. The minimum Gasteiger partial charge on any atom is -0.493 e. The highest BCUT2D eigenvalue weighted by molar-refractivity contribution is 5.99. The SMILES string of the molecule is COc1cccc2cc(C(=O)N[C@@H](CO)C(=O)N3CCc4c([nH]c5ccccc45)C3)oc12. The van der Waals surface area contributed by atoms with E-state index in [1.807, 2.05) is 18.2 Å². The van der Waals surface area contributed by atoms with E-state index in [9.17, 15) is 14.7 Å². The molecular weight excluding hydrogens is 410 g/mol. The minimum absolute atomic E-state index is 0.0484. The van der Waals surface area contributed by atoms with Gasteiger partial charge in [0.05, 0.1) is 20.3 Å². The second-order valence-electron chi connectivity index (χ2n) is 7.84. The van der Waals surface area contributed by atoms with Crippen LogP contribution >= 0.6 is 0 Å². The highest BCUT2D eigenvalue weighted by atomic mass is 16.5. The summed E-state index contributed by atoms with van der Waals surface area (Å²) in [5, 5.41) is 14.3. The fraction of sp³-hybridized carbons (Fsp3) is 0.250. The zero-order valence-electron chi connectivity index (χ0n) is 17.6. The number of nitrogens with one attached hydrogen (secondary N) is 2. The Hall–Kier alpha value is -3.78. The Morgan fingerprint density at radius 3 is 2.91 bits per heavy atom. The number of carbonyl (C=O) groups is 2. The Balaban J connectivity index is 1.32. The fourth-order valence-electron chi connectivity index (χ4n) is 4.33. The number of para-hydroxylation sites is 2. The number of benzene rings is 2. The molecule has 0 aliphatic carbocycles. The predicted octanol–water partition coefficient (Wildman–Crippen LogP) is 2.60. The van der Waals surface area contributed by atoms with Gasteiger partial charge in [0.15, 0.2) is 17.1 Å². The maximum atomic E-state index is 13.1. The first kappa shape index (κ1) is 20.1. The number of hydrogen-bond acceptors (Lipinski definition) is 5. The fourth-order valence-corrected chi connectivity index (χ4v) is 4.33. The van der Waals surface area contributed by atoms with E-state index in [1.54, 1.807) is 29.2 Å². The van der Waals surface area contributed by atoms with Crippen molar-refractivity contribution in [2.24, 2.45) is 0 Å². The number of methoxy groups -OCH3 is 1. The number of hydrogen-bond donors (Lipinski definition) is 3. The molecule has 1 aliphatic heterocycles. The minimum atomic E-state index is -1.07. The zero-order chi connectivity index (χ0) is 22.2. The summed E-state index contributed by atoms with van der Waals surface area (Å²) in [6.07, 6.45) is 0.709. The Morgan fingerprint density at radius 1 is 1.25 bits per heavy atom. The molecule has 3 heterocycles. The Morgan fingerprint density at radius 2 is 2.09 bits per heavy atom. The van der Waals surface area contributed by atoms with Gasteiger partial charge in [0.1, 0.15) is 6.04 Å². The molecule has 0 bridgehead atoms. The lowest BCUT2D eigenvalue weighted by Gasteiger charge is -2.30. The van der Waals surface area contributed by atoms with Gasteiger partial charge in [0.2, 0.25) is 5.91 Å². The average Bonchev–Trinajstić information content (AvgIpc) is 3.43. The van der Waals surface area contributed by atoms with Crippen molar-refractivity contribution < 1.29 is 23.8 Å². The zero-order valence-corrected chi connectivity index (χ0v) is 17.6. The van der Waals surface area contributed by atoms with Crippen molar-refractivity contribution in [3.63, 3.8) is 0 Å². The lowest BCUT2D eigenvalue weighted by Crippen LogP contribution is -2.51. The highest BCUT2D eigenvalue weighted by Crippen LogP contribution is 2.29. The maximum absolute atomic E-state index is 13.1. The second kappa shape index (κ2) is 8.05. The van der Waals surface area contributed by atoms with Crippen molar-refractivity contribution in [1.82, 2.24) is 15.2 Å². The number of rotatable bonds is 5. The first-order chi connectivity index (χ1) is 15.6. The monoisotopic (exact) mass is 433 g/mol. The van der Waals surface area contributed by atoms with Gasteiger partial charge in [0.25, 0.3) is 5.91 Å². The molecule has 0 fully saturated rings. The normalized spacial score (nSPS) is 14.4. The van der Waals surface area contributed by atoms with E-state index in [0.29, 0.717) is 36.2 Å². The highest BCUT2D eigenvalue weighted by Gasteiger charge is 2.30. The quantitative estimate of drug-likeness (QED) is 0.448. The molecule has 5 rings (SSSR count). The number of carbonyl (C=O) groups excluding carboxylic acids is 2. The van der Waals surface area contributed by atoms with Crippen LogP contribution in [0.3, 0.4) is 0 Å². The molecule has 2 aromatic carbocycles. The number of fused-ring (bicyclic) bond motifs is 4. The number of H-pyrrole nitrogens is 1. The Kier molecular flexibility index (Phi) is 5.07. The van der Waals surface area contributed by atoms with Crippen LogP contribution in [-0.4, -0.2) is 53.1 Å². The maximum Gasteiger partial charge on any atom is 0.287 e. The summed E-state index contributed by atoms with van der Waals surface area (Å²) in [5.74, 6) is -0.344. The predicted molar refractivity (Wildman–Crippen MR) is 119 cm³/mol. The van der Waals surface area contributed by atoms with E-state index in [0.717, 1.165) is 11.2 Å². The van der Waals surface area contributed by atoms with Crippen LogP contribution in [0.1, 0.15) is 21.8 Å². The van der Waals surface area contributed by atoms with Gasteiger partial charge in [0, 0.05) is 28.5 Å². The molecule has 0 saturated heterocycles. The molecule has 0 unspecified atom stereocenters. The lowest BCUT2D eigenvalue weighted by atomic mass is 10.0. The number of furan rings is 1. The smallest absolute Gasteiger partial charge is 0.287 e. The molecule has 1 aliphatic rings. The van der Waals surface area contributed by atoms with Crippen LogP contribution < -0.4 is 10.1 Å². The Bertz CT molecular complexity index is 1320. The number of aliphatic hydroxyl groups is 1. The van der Waals surface area contributed by atoms with Crippen LogP contribution in [0.2, 0.25) is 0 Å². The topological polar surface area (TPSA) is 108 Å². The first-order valence-corrected chi connectivity index (χ1v) is 10.4. The molecule has 3 N–H and O–H groups in total. The molecule has 1 atom stereocenters. The van der Waals surface area contributed by atoms with Crippen LogP contribution in [0.25, 0.3) is 21.9 Å². The molecule has 2 aromatic heterocycles. The van der Waals surface area contributed by atoms with E-state index in [1.165, 1.54) is 18.1 Å². The van der Waals surface area contributed by atoms with Crippen molar-refractivity contribution in [3.8, 4) is 5.75 Å². The third-order valence-electron chi connectivity index (χ3n) is 5.93. The molecule has 164 valence electrons. The number of ether oxygens (including phenoxy) is 1. The average molecular weight is 433 g/mol. The van der Waals surface area contributed by atoms with Crippen molar-refractivity contribution in [1.29, 1.82) is 0 Å². The summed E-state index contributed by atoms with van der Waals surface area (Å²) in [4.78, 5) is 30.9. The standard InChI is InChI=1S/C24H23N3O5/c1-31-20-8-4-5-14-11-21(32-22(14)20)23(29)26-19(13-28)24(30)27-10-9-16-15-6-2-3-7-17(15)25-18(16)12-27/h2-8,11,19,25,28H,9-10,12-13H2,1H3,(H,26,29)/t19-/m0/s1. The molecule has 8 heteroatoms. The van der Waals surface area contributed by atoms with E-state index in [2.05, 4.69) is 16.4 Å². The molecule has 4 aromatic rings. The van der Waals surface area contributed by atoms with Gasteiger partial charge in [-0.1, -0.05) is 30.3 Å². The van der Waals surface area contributed by atoms with Crippen LogP contribution in [0.5, 0.6) is 5.75 Å². The van der Waals surface area contributed by atoms with Gasteiger partial charge in [-0.25, -0.2) is 0 Å². The number of nitrogens with zero attached hydrogens (tertiary/aromatic N) is 1. The summed E-state index contributed by atoms with van der Waals surface area (Å²) < 4.78 is 10.9. The van der Waals surface area contributed by atoms with Gasteiger partial charge in [-0.2, -0.15) is 0 Å².